The highest BCUT2D eigenvalue weighted by molar-refractivity contribution is 6.03. The Bertz CT molecular complexity index is 1230. The van der Waals surface area contributed by atoms with Gasteiger partial charge in [-0.1, -0.05) is 12.1 Å². The molecule has 0 fully saturated rings. The largest absolute Gasteiger partial charge is 0.383 e. The number of benzene rings is 2. The summed E-state index contributed by atoms with van der Waals surface area (Å²) in [6.07, 6.45) is 0. The molecule has 4 N–H and O–H groups in total. The van der Waals surface area contributed by atoms with Crippen molar-refractivity contribution in [2.75, 3.05) is 5.73 Å². The zero-order chi connectivity index (χ0) is 22.2. The van der Waals surface area contributed by atoms with Crippen molar-refractivity contribution in [3.05, 3.63) is 78.4 Å². The van der Waals surface area contributed by atoms with Gasteiger partial charge in [0.25, 0.3) is 17.3 Å². The number of primary amides is 1. The van der Waals surface area contributed by atoms with Gasteiger partial charge in [0.15, 0.2) is 0 Å². The molecule has 30 heavy (non-hydrogen) atoms. The van der Waals surface area contributed by atoms with Crippen molar-refractivity contribution in [1.29, 1.82) is 0 Å². The zero-order valence-corrected chi connectivity index (χ0v) is 14.8. The molecule has 0 aliphatic heterocycles. The highest BCUT2D eigenvalue weighted by atomic mass is 16.6. The van der Waals surface area contributed by atoms with Crippen LogP contribution in [0.5, 0.6) is 0 Å². The maximum atomic E-state index is 12.0. The van der Waals surface area contributed by atoms with E-state index in [-0.39, 0.29) is 34.0 Å². The number of anilines is 1. The van der Waals surface area contributed by atoms with Crippen molar-refractivity contribution in [2.24, 2.45) is 5.73 Å². The molecule has 0 spiro atoms. The Labute approximate surface area is 165 Å². The lowest BCUT2D eigenvalue weighted by molar-refractivity contribution is -0.394. The summed E-state index contributed by atoms with van der Waals surface area (Å²) < 4.78 is 0.829. The topological polar surface area (TPSA) is 216 Å². The first-order valence-corrected chi connectivity index (χ1v) is 7.98. The van der Waals surface area contributed by atoms with E-state index in [9.17, 15) is 35.1 Å². The Morgan fingerprint density at radius 2 is 1.57 bits per heavy atom. The van der Waals surface area contributed by atoms with Gasteiger partial charge in [-0.3, -0.25) is 35.1 Å². The SMILES string of the molecule is NC(=O)c1c(-c2cccc([N+](=O)[O-])c2)nn(-c2ccc([N+](=O)[O-])cc2[N+](=O)[O-])c1N. The third-order valence-corrected chi connectivity index (χ3v) is 4.09. The van der Waals surface area contributed by atoms with Crippen LogP contribution in [0.3, 0.4) is 0 Å². The third kappa shape index (κ3) is 3.35. The van der Waals surface area contributed by atoms with Gasteiger partial charge in [0, 0.05) is 23.8 Å². The predicted octanol–water partition coefficient (Wildman–Crippen LogP) is 1.94. The van der Waals surface area contributed by atoms with Crippen LogP contribution in [0, 0.1) is 30.3 Å². The average Bonchev–Trinajstić information content (AvgIpc) is 3.04. The number of nitrogens with two attached hydrogens (primary N) is 2. The second-order valence-electron chi connectivity index (χ2n) is 5.88. The molecular formula is C16H11N7O7. The summed E-state index contributed by atoms with van der Waals surface area (Å²) in [5.41, 5.74) is 9.20. The number of nitrogens with zero attached hydrogens (tertiary/aromatic N) is 5. The summed E-state index contributed by atoms with van der Waals surface area (Å²) in [5.74, 6) is -1.40. The number of hydrogen-bond acceptors (Lipinski definition) is 9. The molecule has 3 rings (SSSR count). The minimum Gasteiger partial charge on any atom is -0.383 e. The lowest BCUT2D eigenvalue weighted by Gasteiger charge is -2.05. The summed E-state index contributed by atoms with van der Waals surface area (Å²) in [5, 5.41) is 37.5. The van der Waals surface area contributed by atoms with Gasteiger partial charge < -0.3 is 11.5 Å². The van der Waals surface area contributed by atoms with E-state index in [1.165, 1.54) is 18.2 Å². The van der Waals surface area contributed by atoms with Gasteiger partial charge in [-0.15, -0.1) is 0 Å². The number of nitrogen functional groups attached to an aromatic ring is 1. The van der Waals surface area contributed by atoms with Crippen molar-refractivity contribution >= 4 is 28.8 Å². The number of nitro groups is 3. The fourth-order valence-corrected chi connectivity index (χ4v) is 2.78. The number of hydrogen-bond donors (Lipinski definition) is 2. The molecule has 0 aliphatic carbocycles. The molecule has 1 amide bonds. The fraction of sp³-hybridized carbons (Fsp3) is 0. The van der Waals surface area contributed by atoms with E-state index < -0.39 is 32.1 Å². The first-order chi connectivity index (χ1) is 14.1. The van der Waals surface area contributed by atoms with E-state index in [1.807, 2.05) is 0 Å². The molecule has 0 unspecified atom stereocenters. The molecule has 1 heterocycles. The molecule has 3 aromatic rings. The molecule has 14 nitrogen and oxygen atoms in total. The molecule has 14 heteroatoms. The molecule has 0 atom stereocenters. The van der Waals surface area contributed by atoms with Gasteiger partial charge >= 0.3 is 5.69 Å². The van der Waals surface area contributed by atoms with Crippen LogP contribution in [0.1, 0.15) is 10.4 Å². The molecular weight excluding hydrogens is 402 g/mol. The number of nitro benzene ring substituents is 3. The highest BCUT2D eigenvalue weighted by Crippen LogP contribution is 2.34. The van der Waals surface area contributed by atoms with Crippen molar-refractivity contribution in [3.8, 4) is 16.9 Å². The maximum Gasteiger partial charge on any atom is 0.301 e. The fourth-order valence-electron chi connectivity index (χ4n) is 2.78. The number of rotatable bonds is 6. The van der Waals surface area contributed by atoms with Crippen LogP contribution in [0.15, 0.2) is 42.5 Å². The second-order valence-corrected chi connectivity index (χ2v) is 5.88. The van der Waals surface area contributed by atoms with E-state index in [0.29, 0.717) is 6.07 Å². The number of non-ortho nitro benzene ring substituents is 2. The van der Waals surface area contributed by atoms with E-state index in [0.717, 1.165) is 22.9 Å². The molecule has 1 aromatic heterocycles. The van der Waals surface area contributed by atoms with Crippen molar-refractivity contribution in [1.82, 2.24) is 9.78 Å². The molecule has 152 valence electrons. The molecule has 0 aliphatic rings. The van der Waals surface area contributed by atoms with Crippen molar-refractivity contribution in [2.45, 2.75) is 0 Å². The number of carbonyl (C=O) groups excluding carboxylic acids is 1. The van der Waals surface area contributed by atoms with E-state index in [1.54, 1.807) is 0 Å². The minimum absolute atomic E-state index is 0.119. The Morgan fingerprint density at radius 1 is 0.933 bits per heavy atom. The average molecular weight is 413 g/mol. The monoisotopic (exact) mass is 413 g/mol. The molecule has 0 saturated heterocycles. The van der Waals surface area contributed by atoms with E-state index in [4.69, 9.17) is 11.5 Å². The lowest BCUT2D eigenvalue weighted by Crippen LogP contribution is -2.14. The number of aromatic nitrogens is 2. The van der Waals surface area contributed by atoms with E-state index in [2.05, 4.69) is 5.10 Å². The lowest BCUT2D eigenvalue weighted by atomic mass is 10.1. The van der Waals surface area contributed by atoms with Crippen LogP contribution < -0.4 is 11.5 Å². The van der Waals surface area contributed by atoms with Crippen molar-refractivity contribution < 1.29 is 19.6 Å². The highest BCUT2D eigenvalue weighted by Gasteiger charge is 2.28. The van der Waals surface area contributed by atoms with Gasteiger partial charge in [-0.25, -0.2) is 4.68 Å². The number of amides is 1. The Hall–Kier alpha value is -4.88. The molecule has 0 radical (unpaired) electrons. The van der Waals surface area contributed by atoms with Crippen LogP contribution in [0.4, 0.5) is 22.9 Å². The van der Waals surface area contributed by atoms with E-state index >= 15 is 0 Å². The van der Waals surface area contributed by atoms with Gasteiger partial charge in [0.05, 0.1) is 20.8 Å². The molecule has 2 aromatic carbocycles. The quantitative estimate of drug-likeness (QED) is 0.445. The summed E-state index contributed by atoms with van der Waals surface area (Å²) in [4.78, 5) is 43.0. The van der Waals surface area contributed by atoms with Crippen molar-refractivity contribution in [3.63, 3.8) is 0 Å². The van der Waals surface area contributed by atoms with Crippen LogP contribution >= 0.6 is 0 Å². The predicted molar refractivity (Wildman–Crippen MR) is 102 cm³/mol. The van der Waals surface area contributed by atoms with Gasteiger partial charge in [-0.05, 0) is 6.07 Å². The standard InChI is InChI=1S/C16H11N7O7/c17-15-13(16(18)24)14(8-2-1-3-9(6-8)21(25)26)19-20(15)11-5-4-10(22(27)28)7-12(11)23(29)30/h1-7H,17H2,(H2,18,24). The van der Waals surface area contributed by atoms with Crippen LogP contribution in [-0.2, 0) is 0 Å². The maximum absolute atomic E-state index is 12.0. The summed E-state index contributed by atoms with van der Waals surface area (Å²) in [7, 11) is 0. The molecule has 0 saturated carbocycles. The number of carbonyl (C=O) groups is 1. The summed E-state index contributed by atoms with van der Waals surface area (Å²) >= 11 is 0. The Kier molecular flexibility index (Phi) is 4.81. The molecule has 0 bridgehead atoms. The second kappa shape index (κ2) is 7.27. The minimum atomic E-state index is -1.02. The Morgan fingerprint density at radius 3 is 2.13 bits per heavy atom. The summed E-state index contributed by atoms with van der Waals surface area (Å²) in [6.45, 7) is 0. The van der Waals surface area contributed by atoms with Crippen LogP contribution in [0.25, 0.3) is 16.9 Å². The first-order valence-electron chi connectivity index (χ1n) is 7.98. The first kappa shape index (κ1) is 19.9. The van der Waals surface area contributed by atoms with Gasteiger partial charge in [0.2, 0.25) is 0 Å². The van der Waals surface area contributed by atoms with Gasteiger partial charge in [-0.2, -0.15) is 5.10 Å². The Balaban J connectivity index is 2.29. The third-order valence-electron chi connectivity index (χ3n) is 4.09. The smallest absolute Gasteiger partial charge is 0.301 e. The zero-order valence-electron chi connectivity index (χ0n) is 14.8. The van der Waals surface area contributed by atoms with Gasteiger partial charge in [0.1, 0.15) is 22.8 Å². The normalized spacial score (nSPS) is 10.5. The van der Waals surface area contributed by atoms with Crippen LogP contribution in [0.2, 0.25) is 0 Å². The van der Waals surface area contributed by atoms with Crippen LogP contribution in [-0.4, -0.2) is 30.5 Å². The summed E-state index contributed by atoms with van der Waals surface area (Å²) in [6, 6.07) is 7.87.